The second kappa shape index (κ2) is 9.89. The van der Waals surface area contributed by atoms with E-state index < -0.39 is 0 Å². The summed E-state index contributed by atoms with van der Waals surface area (Å²) >= 11 is 1.89. The maximum Gasteiger partial charge on any atom is 0.0594 e. The lowest BCUT2D eigenvalue weighted by atomic mass is 10.0. The summed E-state index contributed by atoms with van der Waals surface area (Å²) in [4.78, 5) is 14.3. The molecule has 0 unspecified atom stereocenters. The van der Waals surface area contributed by atoms with E-state index in [4.69, 9.17) is 4.74 Å². The lowest BCUT2D eigenvalue weighted by molar-refractivity contribution is 0.0394. The number of rotatable bonds is 5. The fourth-order valence-electron chi connectivity index (χ4n) is 6.02. The van der Waals surface area contributed by atoms with Crippen LogP contribution in [0.2, 0.25) is 0 Å². The lowest BCUT2D eigenvalue weighted by Gasteiger charge is -2.36. The van der Waals surface area contributed by atoms with E-state index in [0.29, 0.717) is 0 Å². The van der Waals surface area contributed by atoms with Gasteiger partial charge in [-0.2, -0.15) is 0 Å². The van der Waals surface area contributed by atoms with Crippen LogP contribution in [0.3, 0.4) is 0 Å². The molecule has 0 amide bonds. The SMILES string of the molecule is c1cc2cc(-c3ccc4c(c3)Sc3cc(-c5ccc6[nH]ccc6c5)ccc3N4CCN3CCOCC3)ccc2[nH]1. The summed E-state index contributed by atoms with van der Waals surface area (Å²) in [6.45, 7) is 5.63. The van der Waals surface area contributed by atoms with Crippen molar-refractivity contribution in [2.45, 2.75) is 9.79 Å². The molecule has 0 atom stereocenters. The molecule has 2 N–H and O–H groups in total. The Morgan fingerprint density at radius 3 is 1.70 bits per heavy atom. The van der Waals surface area contributed by atoms with Crippen molar-refractivity contribution >= 4 is 44.9 Å². The van der Waals surface area contributed by atoms with Crippen LogP contribution in [0.1, 0.15) is 0 Å². The molecule has 0 saturated carbocycles. The molecular weight excluding hydrogens is 512 g/mol. The van der Waals surface area contributed by atoms with Crippen molar-refractivity contribution in [1.82, 2.24) is 14.9 Å². The first-order valence-corrected chi connectivity index (χ1v) is 14.8. The third kappa shape index (κ3) is 4.29. The second-order valence-electron chi connectivity index (χ2n) is 10.6. The Labute approximate surface area is 237 Å². The van der Waals surface area contributed by atoms with Crippen LogP contribution in [-0.2, 0) is 4.74 Å². The number of aromatic nitrogens is 2. The summed E-state index contributed by atoms with van der Waals surface area (Å²) in [5.74, 6) is 0. The molecule has 198 valence electrons. The lowest BCUT2D eigenvalue weighted by Crippen LogP contribution is -2.41. The number of nitrogens with zero attached hydrogens (tertiary/aromatic N) is 2. The number of anilines is 2. The zero-order valence-electron chi connectivity index (χ0n) is 22.2. The molecule has 2 aliphatic heterocycles. The molecule has 5 nitrogen and oxygen atoms in total. The molecule has 2 aliphatic rings. The number of H-pyrrole nitrogens is 2. The van der Waals surface area contributed by atoms with Crippen molar-refractivity contribution in [3.8, 4) is 22.3 Å². The van der Waals surface area contributed by atoms with Gasteiger partial charge in [0.25, 0.3) is 0 Å². The van der Waals surface area contributed by atoms with Crippen molar-refractivity contribution in [3.05, 3.63) is 97.3 Å². The van der Waals surface area contributed by atoms with Gasteiger partial charge in [0.15, 0.2) is 0 Å². The zero-order chi connectivity index (χ0) is 26.5. The van der Waals surface area contributed by atoms with Gasteiger partial charge in [-0.05, 0) is 93.7 Å². The minimum absolute atomic E-state index is 0.826. The maximum absolute atomic E-state index is 5.60. The van der Waals surface area contributed by atoms with E-state index in [0.717, 1.165) is 39.4 Å². The van der Waals surface area contributed by atoms with E-state index in [1.807, 2.05) is 24.2 Å². The minimum atomic E-state index is 0.826. The fourth-order valence-corrected chi connectivity index (χ4v) is 7.19. The van der Waals surface area contributed by atoms with Crippen LogP contribution in [-0.4, -0.2) is 54.3 Å². The van der Waals surface area contributed by atoms with E-state index in [2.05, 4.69) is 105 Å². The third-order valence-electron chi connectivity index (χ3n) is 8.24. The topological polar surface area (TPSA) is 47.3 Å². The van der Waals surface area contributed by atoms with Gasteiger partial charge in [-0.1, -0.05) is 36.0 Å². The highest BCUT2D eigenvalue weighted by Crippen LogP contribution is 2.50. The van der Waals surface area contributed by atoms with Crippen molar-refractivity contribution in [2.75, 3.05) is 44.3 Å². The van der Waals surface area contributed by atoms with Crippen molar-refractivity contribution in [1.29, 1.82) is 0 Å². The van der Waals surface area contributed by atoms with Crippen LogP contribution in [0.25, 0.3) is 44.1 Å². The molecule has 2 aromatic heterocycles. The number of benzene rings is 4. The highest BCUT2D eigenvalue weighted by atomic mass is 32.2. The average molecular weight is 543 g/mol. The molecule has 40 heavy (non-hydrogen) atoms. The van der Waals surface area contributed by atoms with Crippen LogP contribution in [0.5, 0.6) is 0 Å². The molecule has 0 spiro atoms. The second-order valence-corrected chi connectivity index (χ2v) is 11.7. The van der Waals surface area contributed by atoms with E-state index in [1.165, 1.54) is 65.2 Å². The molecular formula is C34H30N4OS. The van der Waals surface area contributed by atoms with Gasteiger partial charge in [0.1, 0.15) is 0 Å². The normalized spacial score (nSPS) is 15.4. The molecule has 0 radical (unpaired) electrons. The average Bonchev–Trinajstić information content (AvgIpc) is 3.68. The molecule has 4 aromatic carbocycles. The number of nitrogens with one attached hydrogen (secondary N) is 2. The molecule has 8 rings (SSSR count). The summed E-state index contributed by atoms with van der Waals surface area (Å²) in [5.41, 5.74) is 9.91. The number of ether oxygens (including phenoxy) is 1. The highest BCUT2D eigenvalue weighted by Gasteiger charge is 2.25. The molecule has 1 saturated heterocycles. The predicted molar refractivity (Wildman–Crippen MR) is 166 cm³/mol. The standard InChI is InChI=1S/C34H30N4OS/c1-5-29-27(9-11-35-29)19-23(1)25-3-7-31-33(21-25)40-34-22-26(24-2-6-30-28(20-24)10-12-36-30)4-8-32(34)38(31)14-13-37-15-17-39-18-16-37/h1-12,19-22,35-36H,13-18H2. The Balaban J connectivity index is 1.18. The van der Waals surface area contributed by atoms with E-state index in [9.17, 15) is 0 Å². The van der Waals surface area contributed by atoms with Crippen molar-refractivity contribution < 1.29 is 4.74 Å². The highest BCUT2D eigenvalue weighted by molar-refractivity contribution is 7.99. The summed E-state index contributed by atoms with van der Waals surface area (Å²) in [6.07, 6.45) is 4.01. The van der Waals surface area contributed by atoms with Crippen LogP contribution in [0.4, 0.5) is 11.4 Å². The van der Waals surface area contributed by atoms with Gasteiger partial charge in [0.05, 0.1) is 24.6 Å². The summed E-state index contributed by atoms with van der Waals surface area (Å²) in [5, 5.41) is 2.48. The third-order valence-corrected chi connectivity index (χ3v) is 9.33. The van der Waals surface area contributed by atoms with Gasteiger partial charge in [-0.15, -0.1) is 0 Å². The van der Waals surface area contributed by atoms with Gasteiger partial charge in [0, 0.05) is 59.4 Å². The maximum atomic E-state index is 5.60. The minimum Gasteiger partial charge on any atom is -0.379 e. The summed E-state index contributed by atoms with van der Waals surface area (Å²) in [7, 11) is 0. The Morgan fingerprint density at radius 2 is 1.12 bits per heavy atom. The van der Waals surface area contributed by atoms with Crippen molar-refractivity contribution in [3.63, 3.8) is 0 Å². The van der Waals surface area contributed by atoms with Crippen molar-refractivity contribution in [2.24, 2.45) is 0 Å². The first-order valence-electron chi connectivity index (χ1n) is 14.0. The van der Waals surface area contributed by atoms with Gasteiger partial charge in [-0.25, -0.2) is 0 Å². The smallest absolute Gasteiger partial charge is 0.0594 e. The number of morpholine rings is 1. The number of hydrogen-bond donors (Lipinski definition) is 2. The van der Waals surface area contributed by atoms with E-state index in [1.54, 1.807) is 0 Å². The Morgan fingerprint density at radius 1 is 0.600 bits per heavy atom. The van der Waals surface area contributed by atoms with Crippen LogP contribution in [0, 0.1) is 0 Å². The molecule has 4 heterocycles. The molecule has 6 heteroatoms. The number of aromatic amines is 2. The number of fused-ring (bicyclic) bond motifs is 4. The molecule has 6 aromatic rings. The predicted octanol–water partition coefficient (Wildman–Crippen LogP) is 7.92. The first kappa shape index (κ1) is 23.9. The summed E-state index contributed by atoms with van der Waals surface area (Å²) in [6, 6.07) is 31.5. The van der Waals surface area contributed by atoms with E-state index >= 15 is 0 Å². The quantitative estimate of drug-likeness (QED) is 0.232. The first-order chi connectivity index (χ1) is 19.8. The number of hydrogen-bond acceptors (Lipinski definition) is 4. The van der Waals surface area contributed by atoms with E-state index in [-0.39, 0.29) is 0 Å². The summed E-state index contributed by atoms with van der Waals surface area (Å²) < 4.78 is 5.60. The Kier molecular flexibility index (Phi) is 5.91. The van der Waals surface area contributed by atoms with Gasteiger partial charge in [0.2, 0.25) is 0 Å². The fraction of sp³-hybridized carbons (Fsp3) is 0.176. The molecule has 0 bridgehead atoms. The van der Waals surface area contributed by atoms with Gasteiger partial charge in [-0.3, -0.25) is 4.90 Å². The largest absolute Gasteiger partial charge is 0.379 e. The van der Waals surface area contributed by atoms with Gasteiger partial charge < -0.3 is 19.6 Å². The molecule has 0 aliphatic carbocycles. The Hall–Kier alpha value is -3.97. The molecule has 1 fully saturated rings. The van der Waals surface area contributed by atoms with Crippen LogP contribution >= 0.6 is 11.8 Å². The Bertz CT molecular complexity index is 1720. The van der Waals surface area contributed by atoms with Crippen LogP contribution in [0.15, 0.2) is 107 Å². The van der Waals surface area contributed by atoms with Crippen LogP contribution < -0.4 is 4.90 Å². The monoisotopic (exact) mass is 542 g/mol. The zero-order valence-corrected chi connectivity index (χ0v) is 23.0. The van der Waals surface area contributed by atoms with Gasteiger partial charge >= 0.3 is 0 Å².